The molecule has 0 fully saturated rings. The zero-order valence-electron chi connectivity index (χ0n) is 5.30. The average molecular weight is 119 g/mol. The molecule has 2 rings (SSSR count). The Kier molecular flexibility index (Phi) is 1.01. The summed E-state index contributed by atoms with van der Waals surface area (Å²) in [5.74, 6) is 0. The van der Waals surface area contributed by atoms with E-state index >= 15 is 0 Å². The minimum atomic E-state index is 0.982. The summed E-state index contributed by atoms with van der Waals surface area (Å²) in [6.07, 6.45) is 9.07. The molecule has 1 heterocycles. The highest BCUT2D eigenvalue weighted by atomic mass is 14.9. The molecule has 0 bridgehead atoms. The summed E-state index contributed by atoms with van der Waals surface area (Å²) in [4.78, 5) is 4.12. The van der Waals surface area contributed by atoms with E-state index in [9.17, 15) is 0 Å². The van der Waals surface area contributed by atoms with Crippen LogP contribution >= 0.6 is 0 Å². The third-order valence-corrected chi connectivity index (χ3v) is 1.64. The molecule has 0 amide bonds. The van der Waals surface area contributed by atoms with Crippen LogP contribution in [-0.4, -0.2) is 12.3 Å². The molecule has 0 aromatic heterocycles. The second-order valence-electron chi connectivity index (χ2n) is 2.40. The van der Waals surface area contributed by atoms with E-state index < -0.39 is 0 Å². The maximum Gasteiger partial charge on any atom is 0.0817 e. The van der Waals surface area contributed by atoms with E-state index in [1.54, 1.807) is 0 Å². The van der Waals surface area contributed by atoms with Crippen molar-refractivity contribution in [2.24, 2.45) is 4.99 Å². The molecule has 9 heavy (non-hydrogen) atoms. The normalized spacial score (nSPS) is 23.1. The largest absolute Gasteiger partial charge is 0.281 e. The lowest BCUT2D eigenvalue weighted by molar-refractivity contribution is 1.03. The van der Waals surface area contributed by atoms with Gasteiger partial charge >= 0.3 is 0 Å². The van der Waals surface area contributed by atoms with Gasteiger partial charge in [-0.3, -0.25) is 4.99 Å². The quantitative estimate of drug-likeness (QED) is 0.498. The second kappa shape index (κ2) is 1.83. The molecule has 46 valence electrons. The number of hydrogen-bond donors (Lipinski definition) is 0. The van der Waals surface area contributed by atoms with Crippen LogP contribution in [0.4, 0.5) is 0 Å². The fourth-order valence-corrected chi connectivity index (χ4v) is 1.05. The number of allylic oxidation sites excluding steroid dienone is 3. The van der Waals surface area contributed by atoms with Crippen LogP contribution in [0.1, 0.15) is 12.8 Å². The van der Waals surface area contributed by atoms with Gasteiger partial charge in [0.05, 0.1) is 12.3 Å². The predicted molar refractivity (Wildman–Crippen MR) is 38.8 cm³/mol. The Bertz CT molecular complexity index is 209. The average Bonchev–Trinajstić information content (AvgIpc) is 2.71. The lowest BCUT2D eigenvalue weighted by Gasteiger charge is -1.98. The zero-order chi connectivity index (χ0) is 6.10. The molecular weight excluding hydrogens is 110 g/mol. The van der Waals surface area contributed by atoms with Crippen molar-refractivity contribution in [2.45, 2.75) is 12.8 Å². The SMILES string of the molecule is C1=CC(C2=NC2)=CCC1. The Morgan fingerprint density at radius 2 is 2.22 bits per heavy atom. The van der Waals surface area contributed by atoms with Crippen LogP contribution in [0.25, 0.3) is 0 Å². The predicted octanol–water partition coefficient (Wildman–Crippen LogP) is 1.72. The van der Waals surface area contributed by atoms with Crippen molar-refractivity contribution in [2.75, 3.05) is 6.54 Å². The highest BCUT2D eigenvalue weighted by molar-refractivity contribution is 6.12. The first-order chi connectivity index (χ1) is 4.47. The van der Waals surface area contributed by atoms with E-state index in [2.05, 4.69) is 23.2 Å². The molecule has 1 aliphatic carbocycles. The van der Waals surface area contributed by atoms with Crippen LogP contribution in [0.2, 0.25) is 0 Å². The Balaban J connectivity index is 2.17. The topological polar surface area (TPSA) is 12.4 Å². The third-order valence-electron chi connectivity index (χ3n) is 1.64. The van der Waals surface area contributed by atoms with E-state index in [1.807, 2.05) is 0 Å². The van der Waals surface area contributed by atoms with Crippen molar-refractivity contribution in [3.8, 4) is 0 Å². The first-order valence-electron chi connectivity index (χ1n) is 3.37. The monoisotopic (exact) mass is 119 g/mol. The van der Waals surface area contributed by atoms with Gasteiger partial charge in [-0.1, -0.05) is 18.2 Å². The lowest BCUT2D eigenvalue weighted by Crippen LogP contribution is -1.90. The number of aliphatic imine (C=N–C) groups is 1. The zero-order valence-corrected chi connectivity index (χ0v) is 5.30. The van der Waals surface area contributed by atoms with Gasteiger partial charge in [-0.25, -0.2) is 0 Å². The standard InChI is InChI=1S/C8H9N/c1-2-4-7(5-3-1)8-6-9-8/h2,4-5H,1,3,6H2. The number of rotatable bonds is 1. The van der Waals surface area contributed by atoms with E-state index in [0.717, 1.165) is 6.54 Å². The van der Waals surface area contributed by atoms with Gasteiger partial charge in [-0.05, 0) is 18.4 Å². The minimum Gasteiger partial charge on any atom is -0.281 e. The van der Waals surface area contributed by atoms with E-state index in [4.69, 9.17) is 0 Å². The smallest absolute Gasteiger partial charge is 0.0817 e. The fraction of sp³-hybridized carbons (Fsp3) is 0.375. The summed E-state index contributed by atoms with van der Waals surface area (Å²) in [6, 6.07) is 0. The molecule has 1 aliphatic heterocycles. The molecule has 2 aliphatic rings. The lowest BCUT2D eigenvalue weighted by atomic mass is 10.1. The Morgan fingerprint density at radius 1 is 1.33 bits per heavy atom. The van der Waals surface area contributed by atoms with Crippen molar-refractivity contribution < 1.29 is 0 Å². The minimum absolute atomic E-state index is 0.982. The van der Waals surface area contributed by atoms with Gasteiger partial charge in [-0.15, -0.1) is 0 Å². The summed E-state index contributed by atoms with van der Waals surface area (Å²) in [6.45, 7) is 0.982. The highest BCUT2D eigenvalue weighted by Gasteiger charge is 2.13. The number of nitrogens with zero attached hydrogens (tertiary/aromatic N) is 1. The summed E-state index contributed by atoms with van der Waals surface area (Å²) >= 11 is 0. The van der Waals surface area contributed by atoms with E-state index in [1.165, 1.54) is 24.1 Å². The van der Waals surface area contributed by atoms with E-state index in [0.29, 0.717) is 0 Å². The Labute approximate surface area is 54.8 Å². The summed E-state index contributed by atoms with van der Waals surface area (Å²) in [5, 5.41) is 0. The number of hydrogen-bond acceptors (Lipinski definition) is 1. The molecule has 0 saturated heterocycles. The van der Waals surface area contributed by atoms with Gasteiger partial charge in [0.1, 0.15) is 0 Å². The van der Waals surface area contributed by atoms with Gasteiger partial charge in [0.2, 0.25) is 0 Å². The van der Waals surface area contributed by atoms with Crippen LogP contribution in [0.5, 0.6) is 0 Å². The van der Waals surface area contributed by atoms with Crippen molar-refractivity contribution in [3.63, 3.8) is 0 Å². The van der Waals surface area contributed by atoms with Crippen LogP contribution in [0.3, 0.4) is 0 Å². The van der Waals surface area contributed by atoms with Gasteiger partial charge in [0.15, 0.2) is 0 Å². The van der Waals surface area contributed by atoms with Crippen molar-refractivity contribution in [1.29, 1.82) is 0 Å². The third kappa shape index (κ3) is 0.947. The molecule has 0 aromatic rings. The summed E-state index contributed by atoms with van der Waals surface area (Å²) in [5.41, 5.74) is 2.66. The van der Waals surface area contributed by atoms with Crippen molar-refractivity contribution in [1.82, 2.24) is 0 Å². The van der Waals surface area contributed by atoms with Crippen LogP contribution in [0, 0.1) is 0 Å². The molecular formula is C8H9N. The highest BCUT2D eigenvalue weighted by Crippen LogP contribution is 2.16. The maximum absolute atomic E-state index is 4.12. The van der Waals surface area contributed by atoms with Gasteiger partial charge in [0, 0.05) is 0 Å². The Hall–Kier alpha value is -0.850. The van der Waals surface area contributed by atoms with Crippen molar-refractivity contribution >= 4 is 5.71 Å². The maximum atomic E-state index is 4.12. The van der Waals surface area contributed by atoms with E-state index in [-0.39, 0.29) is 0 Å². The fourth-order valence-electron chi connectivity index (χ4n) is 1.05. The molecule has 0 aromatic carbocycles. The molecule has 1 heteroatoms. The van der Waals surface area contributed by atoms with Crippen LogP contribution in [0.15, 0.2) is 28.8 Å². The van der Waals surface area contributed by atoms with Gasteiger partial charge < -0.3 is 0 Å². The first-order valence-corrected chi connectivity index (χ1v) is 3.37. The summed E-state index contributed by atoms with van der Waals surface area (Å²) < 4.78 is 0. The van der Waals surface area contributed by atoms with Gasteiger partial charge in [0.25, 0.3) is 0 Å². The molecule has 0 atom stereocenters. The second-order valence-corrected chi connectivity index (χ2v) is 2.40. The molecule has 0 radical (unpaired) electrons. The van der Waals surface area contributed by atoms with Crippen LogP contribution in [-0.2, 0) is 0 Å². The molecule has 0 unspecified atom stereocenters. The van der Waals surface area contributed by atoms with Crippen LogP contribution < -0.4 is 0 Å². The molecule has 0 N–H and O–H groups in total. The summed E-state index contributed by atoms with van der Waals surface area (Å²) in [7, 11) is 0. The van der Waals surface area contributed by atoms with Crippen molar-refractivity contribution in [3.05, 3.63) is 23.8 Å². The molecule has 0 spiro atoms. The van der Waals surface area contributed by atoms with Gasteiger partial charge in [-0.2, -0.15) is 0 Å². The Morgan fingerprint density at radius 3 is 2.78 bits per heavy atom. The molecule has 0 saturated carbocycles. The first kappa shape index (κ1) is 4.98. The molecule has 1 nitrogen and oxygen atoms in total.